The molecule has 36 heavy (non-hydrogen) atoms. The van der Waals surface area contributed by atoms with Crippen LogP contribution in [0.15, 0.2) is 41.9 Å². The summed E-state index contributed by atoms with van der Waals surface area (Å²) >= 11 is 5.77. The first-order chi connectivity index (χ1) is 17.3. The van der Waals surface area contributed by atoms with E-state index < -0.39 is 5.91 Å². The first-order valence-electron chi connectivity index (χ1n) is 10.6. The van der Waals surface area contributed by atoms with Gasteiger partial charge < -0.3 is 21.9 Å². The molecule has 0 saturated heterocycles. The molecule has 8 N–H and O–H groups in total. The summed E-state index contributed by atoms with van der Waals surface area (Å²) in [5.74, 6) is -0.659. The quantitative estimate of drug-likeness (QED) is 0.143. The molecule has 1 aromatic carbocycles. The van der Waals surface area contributed by atoms with Gasteiger partial charge in [-0.15, -0.1) is 0 Å². The number of nitrogen functional groups attached to an aromatic ring is 2. The van der Waals surface area contributed by atoms with Gasteiger partial charge >= 0.3 is 0 Å². The second kappa shape index (κ2) is 12.8. The lowest BCUT2D eigenvalue weighted by molar-refractivity contribution is -0.118. The molecule has 2 heterocycles. The number of hydrogen-bond acceptors (Lipinski definition) is 11. The lowest BCUT2D eigenvalue weighted by Gasteiger charge is -2.08. The van der Waals surface area contributed by atoms with Gasteiger partial charge in [0.1, 0.15) is 18.4 Å². The highest BCUT2D eigenvalue weighted by Crippen LogP contribution is 2.17. The highest BCUT2D eigenvalue weighted by molar-refractivity contribution is 6.31. The van der Waals surface area contributed by atoms with Crippen molar-refractivity contribution in [3.8, 4) is 5.75 Å². The van der Waals surface area contributed by atoms with Crippen LogP contribution in [-0.2, 0) is 11.2 Å². The molecule has 0 saturated carbocycles. The number of aromatic nitrogens is 5. The monoisotopic (exact) mass is 513 g/mol. The van der Waals surface area contributed by atoms with Gasteiger partial charge in [0.2, 0.25) is 5.95 Å². The number of carbonyl (C=O) groups excluding carboxylic acids is 2. The fraction of sp³-hybridized carbons (Fsp3) is 0.238. The number of anilines is 3. The number of nitrogens with zero attached hydrogens (tertiary/aromatic N) is 6. The number of amides is 2. The molecule has 2 amide bonds. The number of guanidine groups is 1. The summed E-state index contributed by atoms with van der Waals surface area (Å²) in [6.45, 7) is 0.235. The molecular weight excluding hydrogens is 490 g/mol. The molecule has 0 atom stereocenters. The highest BCUT2D eigenvalue weighted by atomic mass is 35.5. The molecule has 0 bridgehead atoms. The summed E-state index contributed by atoms with van der Waals surface area (Å²) in [7, 11) is 0. The first-order valence-corrected chi connectivity index (χ1v) is 11.0. The summed E-state index contributed by atoms with van der Waals surface area (Å²) < 4.78 is 5.47. The molecule has 14 nitrogen and oxygen atoms in total. The maximum Gasteiger partial charge on any atom is 0.280 e. The van der Waals surface area contributed by atoms with Crippen LogP contribution < -0.4 is 32.6 Å². The Bertz CT molecular complexity index is 1220. The van der Waals surface area contributed by atoms with Crippen molar-refractivity contribution in [1.29, 1.82) is 0 Å². The molecule has 188 valence electrons. The van der Waals surface area contributed by atoms with E-state index in [4.69, 9.17) is 33.5 Å². The van der Waals surface area contributed by atoms with Gasteiger partial charge in [-0.3, -0.25) is 25.2 Å². The largest absolute Gasteiger partial charge is 0.484 e. The molecule has 0 spiro atoms. The van der Waals surface area contributed by atoms with Crippen molar-refractivity contribution in [3.63, 3.8) is 0 Å². The van der Waals surface area contributed by atoms with E-state index in [1.165, 1.54) is 12.7 Å². The van der Waals surface area contributed by atoms with Gasteiger partial charge in [-0.25, -0.2) is 24.9 Å². The topological polar surface area (TPSA) is 222 Å². The number of carbonyl (C=O) groups is 2. The van der Waals surface area contributed by atoms with Crippen LogP contribution in [-0.4, -0.2) is 55.8 Å². The zero-order valence-corrected chi connectivity index (χ0v) is 19.8. The van der Waals surface area contributed by atoms with E-state index in [0.29, 0.717) is 12.3 Å². The maximum atomic E-state index is 12.2. The Morgan fingerprint density at radius 1 is 1.03 bits per heavy atom. The van der Waals surface area contributed by atoms with E-state index in [9.17, 15) is 9.59 Å². The van der Waals surface area contributed by atoms with Gasteiger partial charge in [-0.1, -0.05) is 23.7 Å². The Morgan fingerprint density at radius 2 is 1.75 bits per heavy atom. The molecule has 0 aliphatic rings. The summed E-state index contributed by atoms with van der Waals surface area (Å²) in [5, 5.41) is 4.76. The average molecular weight is 514 g/mol. The third-order valence-electron chi connectivity index (χ3n) is 4.56. The van der Waals surface area contributed by atoms with E-state index in [1.54, 1.807) is 12.1 Å². The summed E-state index contributed by atoms with van der Waals surface area (Å²) in [6, 6.07) is 7.41. The zero-order valence-electron chi connectivity index (χ0n) is 19.0. The highest BCUT2D eigenvalue weighted by Gasteiger charge is 2.16. The van der Waals surface area contributed by atoms with E-state index in [0.717, 1.165) is 24.8 Å². The lowest BCUT2D eigenvalue weighted by atomic mass is 10.1. The standard InChI is InChI=1S/C21H24ClN11O3/c22-16-18(24)32-17(23)15(31-16)19(35)33-20(25)27-8-2-1-3-12-4-6-13(7-5-12)36-9-14(34)30-21-28-10-26-11-29-21/h4-7,10-11H,1-3,8-9H2,(H4,23,24,32)(H3,25,27,33,35)(H,26,28,29,30,34). The van der Waals surface area contributed by atoms with Crippen LogP contribution in [0.4, 0.5) is 17.6 Å². The molecule has 3 rings (SSSR count). The maximum absolute atomic E-state index is 12.2. The molecule has 15 heteroatoms. The van der Waals surface area contributed by atoms with Crippen LogP contribution in [0.1, 0.15) is 28.9 Å². The molecule has 0 unspecified atom stereocenters. The molecule has 0 radical (unpaired) electrons. The van der Waals surface area contributed by atoms with Crippen LogP contribution in [0, 0.1) is 0 Å². The smallest absolute Gasteiger partial charge is 0.280 e. The number of nitrogens with two attached hydrogens (primary N) is 3. The number of unbranched alkanes of at least 4 members (excludes halogenated alkanes) is 1. The fourth-order valence-electron chi connectivity index (χ4n) is 2.83. The second-order valence-corrected chi connectivity index (χ2v) is 7.61. The third kappa shape index (κ3) is 8.02. The van der Waals surface area contributed by atoms with Crippen molar-refractivity contribution >= 4 is 47.0 Å². The third-order valence-corrected chi connectivity index (χ3v) is 4.83. The Hall–Kier alpha value is -4.59. The van der Waals surface area contributed by atoms with Gasteiger partial charge in [-0.05, 0) is 37.0 Å². The Balaban J connectivity index is 1.35. The van der Waals surface area contributed by atoms with Crippen LogP contribution in [0.5, 0.6) is 5.75 Å². The number of aryl methyl sites for hydroxylation is 1. The lowest BCUT2D eigenvalue weighted by Crippen LogP contribution is -2.38. The van der Waals surface area contributed by atoms with Crippen molar-refractivity contribution in [2.45, 2.75) is 19.3 Å². The van der Waals surface area contributed by atoms with Gasteiger partial charge in [0.05, 0.1) is 0 Å². The van der Waals surface area contributed by atoms with Gasteiger partial charge in [0.25, 0.3) is 11.8 Å². The van der Waals surface area contributed by atoms with Gasteiger partial charge in [0.15, 0.2) is 35.0 Å². The number of aliphatic imine (C=N–C) groups is 1. The van der Waals surface area contributed by atoms with Crippen molar-refractivity contribution in [2.24, 2.45) is 10.7 Å². The van der Waals surface area contributed by atoms with Crippen LogP contribution in [0.2, 0.25) is 5.15 Å². The number of rotatable bonds is 10. The van der Waals surface area contributed by atoms with E-state index >= 15 is 0 Å². The van der Waals surface area contributed by atoms with Crippen molar-refractivity contribution in [1.82, 2.24) is 30.2 Å². The predicted octanol–water partition coefficient (Wildman–Crippen LogP) is 0.564. The van der Waals surface area contributed by atoms with Crippen molar-refractivity contribution < 1.29 is 14.3 Å². The van der Waals surface area contributed by atoms with E-state index in [2.05, 4.69) is 40.5 Å². The van der Waals surface area contributed by atoms with E-state index in [-0.39, 0.29) is 46.9 Å². The molecule has 2 aromatic heterocycles. The number of hydrogen-bond donors (Lipinski definition) is 5. The van der Waals surface area contributed by atoms with Crippen LogP contribution in [0.3, 0.4) is 0 Å². The Morgan fingerprint density at radius 3 is 2.47 bits per heavy atom. The minimum atomic E-state index is -0.686. The van der Waals surface area contributed by atoms with Crippen LogP contribution >= 0.6 is 11.6 Å². The Kier molecular flexibility index (Phi) is 9.22. The van der Waals surface area contributed by atoms with Crippen molar-refractivity contribution in [2.75, 3.05) is 29.9 Å². The molecule has 0 fully saturated rings. The van der Waals surface area contributed by atoms with Gasteiger partial charge in [0, 0.05) is 6.54 Å². The minimum absolute atomic E-state index is 0.0739. The van der Waals surface area contributed by atoms with Crippen LogP contribution in [0.25, 0.3) is 0 Å². The SMILES string of the molecule is NC(=NCCCCc1ccc(OCC(=O)Nc2ncncn2)cc1)NC(=O)c1nc(Cl)c(N)nc1N. The second-order valence-electron chi connectivity index (χ2n) is 7.25. The van der Waals surface area contributed by atoms with Gasteiger partial charge in [-0.2, -0.15) is 0 Å². The Labute approximate surface area is 210 Å². The number of halogens is 1. The predicted molar refractivity (Wildman–Crippen MR) is 133 cm³/mol. The zero-order chi connectivity index (χ0) is 25.9. The first kappa shape index (κ1) is 26.0. The van der Waals surface area contributed by atoms with E-state index in [1.807, 2.05) is 12.1 Å². The number of benzene rings is 1. The average Bonchev–Trinajstić information content (AvgIpc) is 2.86. The molecule has 3 aromatic rings. The minimum Gasteiger partial charge on any atom is -0.484 e. The number of ether oxygens (including phenoxy) is 1. The molecule has 0 aliphatic carbocycles. The molecule has 0 aliphatic heterocycles. The summed E-state index contributed by atoms with van der Waals surface area (Å²) in [4.78, 5) is 47.1. The number of nitrogens with one attached hydrogen (secondary N) is 2. The van der Waals surface area contributed by atoms with Crippen molar-refractivity contribution in [3.05, 3.63) is 53.3 Å². The molecular formula is C21H24ClN11O3. The fourth-order valence-corrected chi connectivity index (χ4v) is 2.96. The summed E-state index contributed by atoms with van der Waals surface area (Å²) in [6.07, 6.45) is 4.95. The normalized spacial score (nSPS) is 11.1. The summed E-state index contributed by atoms with van der Waals surface area (Å²) in [5.41, 5.74) is 17.8.